The molecule has 3 aliphatic rings. The van der Waals surface area contributed by atoms with Gasteiger partial charge in [-0.2, -0.15) is 0 Å². The zero-order valence-corrected chi connectivity index (χ0v) is 19.5. The lowest BCUT2D eigenvalue weighted by molar-refractivity contribution is -0.122. The summed E-state index contributed by atoms with van der Waals surface area (Å²) >= 11 is 0. The fraction of sp³-hybridized carbons (Fsp3) is 0.423. The van der Waals surface area contributed by atoms with Gasteiger partial charge in [0.15, 0.2) is 11.5 Å². The first-order chi connectivity index (χ1) is 16.4. The molecular weight excluding hydrogens is 434 g/mol. The highest BCUT2D eigenvalue weighted by Gasteiger charge is 2.36. The number of amides is 3. The monoisotopic (exact) mass is 463 g/mol. The van der Waals surface area contributed by atoms with Crippen molar-refractivity contribution < 1.29 is 23.9 Å². The molecule has 8 heteroatoms. The number of benzene rings is 2. The predicted octanol–water partition coefficient (Wildman–Crippen LogP) is 3.73. The van der Waals surface area contributed by atoms with Gasteiger partial charge in [-0.25, -0.2) is 0 Å². The molecule has 3 amide bonds. The van der Waals surface area contributed by atoms with Gasteiger partial charge in [-0.15, -0.1) is 0 Å². The first kappa shape index (κ1) is 22.3. The van der Waals surface area contributed by atoms with E-state index in [9.17, 15) is 14.4 Å². The number of likely N-dealkylation sites (tertiary alicyclic amines) is 1. The number of piperidine rings is 1. The lowest BCUT2D eigenvalue weighted by Crippen LogP contribution is -2.42. The smallest absolute Gasteiger partial charge is 0.254 e. The Morgan fingerprint density at radius 2 is 1.88 bits per heavy atom. The van der Waals surface area contributed by atoms with Gasteiger partial charge in [0.05, 0.1) is 5.92 Å². The van der Waals surface area contributed by atoms with Gasteiger partial charge >= 0.3 is 0 Å². The van der Waals surface area contributed by atoms with Crippen LogP contribution in [0.3, 0.4) is 0 Å². The first-order valence-electron chi connectivity index (χ1n) is 11.8. The molecule has 2 unspecified atom stereocenters. The van der Waals surface area contributed by atoms with E-state index in [0.717, 1.165) is 31.4 Å². The molecule has 3 heterocycles. The molecule has 2 aromatic rings. The van der Waals surface area contributed by atoms with Crippen LogP contribution in [-0.4, -0.2) is 48.5 Å². The van der Waals surface area contributed by atoms with Crippen LogP contribution in [-0.2, 0) is 9.59 Å². The van der Waals surface area contributed by atoms with Crippen molar-refractivity contribution in [2.45, 2.75) is 45.6 Å². The van der Waals surface area contributed by atoms with Crippen LogP contribution in [0.1, 0.15) is 48.5 Å². The average molecular weight is 464 g/mol. The number of anilines is 2. The number of carbonyl (C=O) groups excluding carboxylic acids is 3. The Labute approximate surface area is 198 Å². The molecule has 0 spiro atoms. The normalized spacial score (nSPS) is 21.6. The van der Waals surface area contributed by atoms with Gasteiger partial charge in [0, 0.05) is 48.6 Å². The van der Waals surface area contributed by atoms with E-state index in [0.29, 0.717) is 35.0 Å². The molecule has 0 aliphatic carbocycles. The van der Waals surface area contributed by atoms with Gasteiger partial charge in [-0.3, -0.25) is 14.4 Å². The molecule has 1 N–H and O–H groups in total. The van der Waals surface area contributed by atoms with Crippen LogP contribution in [0.15, 0.2) is 36.4 Å². The van der Waals surface area contributed by atoms with Gasteiger partial charge in [0.25, 0.3) is 5.91 Å². The van der Waals surface area contributed by atoms with Crippen LogP contribution in [0, 0.1) is 12.8 Å². The molecule has 5 rings (SSSR count). The minimum atomic E-state index is -0.465. The largest absolute Gasteiger partial charge is 0.454 e. The lowest BCUT2D eigenvalue weighted by atomic mass is 10.0. The maximum Gasteiger partial charge on any atom is 0.254 e. The van der Waals surface area contributed by atoms with Gasteiger partial charge < -0.3 is 24.6 Å². The van der Waals surface area contributed by atoms with E-state index in [2.05, 4.69) is 12.2 Å². The minimum absolute atomic E-state index is 0.0360. The number of aryl methyl sites for hydroxylation is 1. The fourth-order valence-electron chi connectivity index (χ4n) is 4.92. The van der Waals surface area contributed by atoms with Gasteiger partial charge in [-0.05, 0) is 69.0 Å². The van der Waals surface area contributed by atoms with E-state index in [-0.39, 0.29) is 37.0 Å². The molecule has 3 aliphatic heterocycles. The number of hydrogen-bond donors (Lipinski definition) is 1. The van der Waals surface area contributed by atoms with Gasteiger partial charge in [0.2, 0.25) is 18.6 Å². The third-order valence-electron chi connectivity index (χ3n) is 6.96. The van der Waals surface area contributed by atoms with E-state index in [4.69, 9.17) is 9.47 Å². The molecule has 178 valence electrons. The second kappa shape index (κ2) is 9.00. The molecule has 8 nitrogen and oxygen atoms in total. The summed E-state index contributed by atoms with van der Waals surface area (Å²) in [5.41, 5.74) is 2.80. The maximum atomic E-state index is 13.0. The first-order valence-corrected chi connectivity index (χ1v) is 11.8. The van der Waals surface area contributed by atoms with Crippen LogP contribution in [0.2, 0.25) is 0 Å². The molecule has 34 heavy (non-hydrogen) atoms. The Kier molecular flexibility index (Phi) is 5.89. The summed E-state index contributed by atoms with van der Waals surface area (Å²) in [6.45, 7) is 5.22. The molecule has 0 radical (unpaired) electrons. The molecule has 0 aromatic heterocycles. The van der Waals surface area contributed by atoms with Gasteiger partial charge in [0.1, 0.15) is 0 Å². The van der Waals surface area contributed by atoms with Crippen molar-refractivity contribution in [2.75, 3.05) is 30.1 Å². The van der Waals surface area contributed by atoms with Crippen LogP contribution in [0.25, 0.3) is 0 Å². The molecule has 2 saturated heterocycles. The lowest BCUT2D eigenvalue weighted by Gasteiger charge is -2.33. The van der Waals surface area contributed by atoms with Crippen molar-refractivity contribution >= 4 is 29.1 Å². The van der Waals surface area contributed by atoms with Crippen LogP contribution in [0.4, 0.5) is 11.4 Å². The Hall–Kier alpha value is -3.55. The molecule has 2 aromatic carbocycles. The molecule has 0 saturated carbocycles. The van der Waals surface area contributed by atoms with E-state index >= 15 is 0 Å². The zero-order chi connectivity index (χ0) is 23.8. The Morgan fingerprint density at radius 1 is 1.06 bits per heavy atom. The van der Waals surface area contributed by atoms with Crippen molar-refractivity contribution in [2.24, 2.45) is 5.92 Å². The van der Waals surface area contributed by atoms with E-state index < -0.39 is 5.92 Å². The van der Waals surface area contributed by atoms with Crippen molar-refractivity contribution in [3.05, 3.63) is 47.5 Å². The Balaban J connectivity index is 1.24. The number of rotatable bonds is 4. The molecule has 2 atom stereocenters. The summed E-state index contributed by atoms with van der Waals surface area (Å²) in [5, 5.41) is 2.95. The van der Waals surface area contributed by atoms with Crippen molar-refractivity contribution in [1.82, 2.24) is 4.90 Å². The quantitative estimate of drug-likeness (QED) is 0.747. The summed E-state index contributed by atoms with van der Waals surface area (Å²) in [6, 6.07) is 11.0. The summed E-state index contributed by atoms with van der Waals surface area (Å²) in [7, 11) is 0. The molecule has 0 bridgehead atoms. The predicted molar refractivity (Wildman–Crippen MR) is 127 cm³/mol. The number of hydrogen-bond acceptors (Lipinski definition) is 5. The summed E-state index contributed by atoms with van der Waals surface area (Å²) in [6.07, 6.45) is 3.36. The third-order valence-corrected chi connectivity index (χ3v) is 6.96. The number of nitrogens with zero attached hydrogens (tertiary/aromatic N) is 2. The SMILES string of the molecule is Cc1cc(C(=O)N2CCCCC2C)ccc1NC(=O)C1CC(=O)N(c2ccc3c(c2)OCO3)C1. The van der Waals surface area contributed by atoms with Crippen LogP contribution >= 0.6 is 0 Å². The second-order valence-corrected chi connectivity index (χ2v) is 9.31. The topological polar surface area (TPSA) is 88.2 Å². The number of nitrogens with one attached hydrogen (secondary N) is 1. The fourth-order valence-corrected chi connectivity index (χ4v) is 4.92. The molecule has 2 fully saturated rings. The number of fused-ring (bicyclic) bond motifs is 1. The van der Waals surface area contributed by atoms with E-state index in [1.165, 1.54) is 0 Å². The van der Waals surface area contributed by atoms with Crippen molar-refractivity contribution in [3.8, 4) is 11.5 Å². The van der Waals surface area contributed by atoms with Crippen LogP contribution < -0.4 is 19.7 Å². The Bertz CT molecular complexity index is 1150. The number of carbonyl (C=O) groups is 3. The highest BCUT2D eigenvalue weighted by Crippen LogP contribution is 2.37. The summed E-state index contributed by atoms with van der Waals surface area (Å²) in [4.78, 5) is 42.1. The van der Waals surface area contributed by atoms with E-state index in [1.54, 1.807) is 35.2 Å². The number of ether oxygens (including phenoxy) is 2. The summed E-state index contributed by atoms with van der Waals surface area (Å²) in [5.74, 6) is 0.511. The van der Waals surface area contributed by atoms with Crippen molar-refractivity contribution in [3.63, 3.8) is 0 Å². The zero-order valence-electron chi connectivity index (χ0n) is 19.5. The standard InChI is InChI=1S/C26H29N3O5/c1-16-11-18(26(32)28-10-4-3-5-17(28)2)6-8-21(16)27-25(31)19-12-24(30)29(14-19)20-7-9-22-23(13-20)34-15-33-22/h6-9,11,13,17,19H,3-5,10,12,14-15H2,1-2H3,(H,27,31). The van der Waals surface area contributed by atoms with E-state index in [1.807, 2.05) is 17.9 Å². The van der Waals surface area contributed by atoms with Crippen LogP contribution in [0.5, 0.6) is 11.5 Å². The van der Waals surface area contributed by atoms with Gasteiger partial charge in [-0.1, -0.05) is 0 Å². The summed E-state index contributed by atoms with van der Waals surface area (Å²) < 4.78 is 10.7. The molecular formula is C26H29N3O5. The maximum absolute atomic E-state index is 13.0. The highest BCUT2D eigenvalue weighted by molar-refractivity contribution is 6.04. The van der Waals surface area contributed by atoms with Crippen molar-refractivity contribution in [1.29, 1.82) is 0 Å². The third kappa shape index (κ3) is 4.20. The second-order valence-electron chi connectivity index (χ2n) is 9.31. The average Bonchev–Trinajstić information content (AvgIpc) is 3.46. The Morgan fingerprint density at radius 3 is 2.68 bits per heavy atom. The minimum Gasteiger partial charge on any atom is -0.454 e. The highest BCUT2D eigenvalue weighted by atomic mass is 16.7.